The molecular weight excluding hydrogens is 294 g/mol. The Morgan fingerprint density at radius 1 is 1.39 bits per heavy atom. The predicted molar refractivity (Wildman–Crippen MR) is 86.4 cm³/mol. The topological polar surface area (TPSA) is 72.3 Å². The molecule has 1 saturated heterocycles. The standard InChI is InChI=1S/C16H21N5O2/c1-12(13-10-18-20(2)11-13)19-16(22)15-9-14(3-4-17-15)21-5-7-23-8-6-21/h3-4,9-12H,5-8H2,1-2H3,(H,19,22). The molecule has 1 atom stereocenters. The number of amides is 1. The summed E-state index contributed by atoms with van der Waals surface area (Å²) in [4.78, 5) is 18.8. The lowest BCUT2D eigenvalue weighted by Gasteiger charge is -2.28. The van der Waals surface area contributed by atoms with Crippen LogP contribution < -0.4 is 10.2 Å². The number of pyridine rings is 1. The second-order valence-electron chi connectivity index (χ2n) is 5.64. The van der Waals surface area contributed by atoms with Gasteiger partial charge in [0.05, 0.1) is 25.5 Å². The molecule has 0 aromatic carbocycles. The maximum atomic E-state index is 12.4. The molecule has 0 saturated carbocycles. The molecule has 2 aromatic heterocycles. The van der Waals surface area contributed by atoms with Crippen molar-refractivity contribution in [2.45, 2.75) is 13.0 Å². The van der Waals surface area contributed by atoms with Crippen LogP contribution in [-0.4, -0.2) is 47.0 Å². The number of hydrogen-bond donors (Lipinski definition) is 1. The highest BCUT2D eigenvalue weighted by Crippen LogP contribution is 2.17. The molecule has 0 aliphatic carbocycles. The van der Waals surface area contributed by atoms with Crippen LogP contribution in [0.5, 0.6) is 0 Å². The Hall–Kier alpha value is -2.41. The molecule has 1 aliphatic heterocycles. The molecule has 0 bridgehead atoms. The summed E-state index contributed by atoms with van der Waals surface area (Å²) in [6.07, 6.45) is 5.32. The minimum Gasteiger partial charge on any atom is -0.378 e. The van der Waals surface area contributed by atoms with E-state index in [9.17, 15) is 4.79 Å². The smallest absolute Gasteiger partial charge is 0.270 e. The quantitative estimate of drug-likeness (QED) is 0.916. The van der Waals surface area contributed by atoms with Gasteiger partial charge in [-0.3, -0.25) is 14.5 Å². The number of aromatic nitrogens is 3. The predicted octanol–water partition coefficient (Wildman–Crippen LogP) is 1.14. The van der Waals surface area contributed by atoms with Crippen LogP contribution in [0.4, 0.5) is 5.69 Å². The monoisotopic (exact) mass is 315 g/mol. The number of nitrogens with zero attached hydrogens (tertiary/aromatic N) is 4. The van der Waals surface area contributed by atoms with E-state index in [0.29, 0.717) is 18.9 Å². The van der Waals surface area contributed by atoms with E-state index >= 15 is 0 Å². The molecule has 0 radical (unpaired) electrons. The molecular formula is C16H21N5O2. The van der Waals surface area contributed by atoms with Gasteiger partial charge in [-0.1, -0.05) is 0 Å². The minimum absolute atomic E-state index is 0.120. The van der Waals surface area contributed by atoms with Gasteiger partial charge in [-0.2, -0.15) is 5.10 Å². The lowest BCUT2D eigenvalue weighted by molar-refractivity contribution is 0.0935. The number of rotatable bonds is 4. The first-order valence-corrected chi connectivity index (χ1v) is 7.71. The average Bonchev–Trinajstić information content (AvgIpc) is 3.02. The summed E-state index contributed by atoms with van der Waals surface area (Å²) in [5.41, 5.74) is 2.39. The van der Waals surface area contributed by atoms with Gasteiger partial charge in [0.15, 0.2) is 0 Å². The van der Waals surface area contributed by atoms with Crippen LogP contribution in [0.15, 0.2) is 30.7 Å². The van der Waals surface area contributed by atoms with Crippen LogP contribution >= 0.6 is 0 Å². The number of morpholine rings is 1. The Morgan fingerprint density at radius 2 is 2.17 bits per heavy atom. The van der Waals surface area contributed by atoms with E-state index < -0.39 is 0 Å². The number of aryl methyl sites for hydroxylation is 1. The van der Waals surface area contributed by atoms with Gasteiger partial charge in [-0.25, -0.2) is 0 Å². The first-order chi connectivity index (χ1) is 11.1. The van der Waals surface area contributed by atoms with Crippen LogP contribution in [-0.2, 0) is 11.8 Å². The maximum Gasteiger partial charge on any atom is 0.270 e. The van der Waals surface area contributed by atoms with Crippen molar-refractivity contribution in [1.29, 1.82) is 0 Å². The van der Waals surface area contributed by atoms with E-state index in [1.807, 2.05) is 32.3 Å². The molecule has 7 heteroatoms. The normalized spacial score (nSPS) is 16.2. The number of ether oxygens (including phenoxy) is 1. The summed E-state index contributed by atoms with van der Waals surface area (Å²) in [5, 5.41) is 7.08. The molecule has 122 valence electrons. The fraction of sp³-hybridized carbons (Fsp3) is 0.438. The van der Waals surface area contributed by atoms with Gasteiger partial charge in [0, 0.05) is 43.8 Å². The molecule has 1 amide bonds. The van der Waals surface area contributed by atoms with Crippen molar-refractivity contribution in [2.75, 3.05) is 31.2 Å². The molecule has 3 heterocycles. The van der Waals surface area contributed by atoms with Gasteiger partial charge in [-0.05, 0) is 19.1 Å². The highest BCUT2D eigenvalue weighted by Gasteiger charge is 2.16. The van der Waals surface area contributed by atoms with Gasteiger partial charge in [0.2, 0.25) is 0 Å². The molecule has 23 heavy (non-hydrogen) atoms. The van der Waals surface area contributed by atoms with E-state index in [0.717, 1.165) is 24.3 Å². The third-order valence-corrected chi connectivity index (χ3v) is 3.92. The van der Waals surface area contributed by atoms with Crippen LogP contribution in [0.2, 0.25) is 0 Å². The fourth-order valence-corrected chi connectivity index (χ4v) is 2.58. The summed E-state index contributed by atoms with van der Waals surface area (Å²) >= 11 is 0. The molecule has 1 unspecified atom stereocenters. The van der Waals surface area contributed by atoms with E-state index in [2.05, 4.69) is 20.3 Å². The second kappa shape index (κ2) is 6.78. The SMILES string of the molecule is CC(NC(=O)c1cc(N2CCOCC2)ccn1)c1cnn(C)c1. The van der Waals surface area contributed by atoms with Crippen molar-refractivity contribution in [3.63, 3.8) is 0 Å². The van der Waals surface area contributed by atoms with Crippen molar-refractivity contribution < 1.29 is 9.53 Å². The molecule has 1 aliphatic rings. The maximum absolute atomic E-state index is 12.4. The number of nitrogens with one attached hydrogen (secondary N) is 1. The Bertz CT molecular complexity index is 679. The third kappa shape index (κ3) is 3.68. The summed E-state index contributed by atoms with van der Waals surface area (Å²) < 4.78 is 7.08. The van der Waals surface area contributed by atoms with Gasteiger partial charge in [-0.15, -0.1) is 0 Å². The number of anilines is 1. The average molecular weight is 315 g/mol. The highest BCUT2D eigenvalue weighted by molar-refractivity contribution is 5.93. The molecule has 7 nitrogen and oxygen atoms in total. The van der Waals surface area contributed by atoms with Crippen LogP contribution in [0.3, 0.4) is 0 Å². The molecule has 3 rings (SSSR count). The van der Waals surface area contributed by atoms with Crippen molar-refractivity contribution in [1.82, 2.24) is 20.1 Å². The molecule has 1 N–H and O–H groups in total. The highest BCUT2D eigenvalue weighted by atomic mass is 16.5. The fourth-order valence-electron chi connectivity index (χ4n) is 2.58. The summed E-state index contributed by atoms with van der Waals surface area (Å²) in [6.45, 7) is 5.01. The van der Waals surface area contributed by atoms with Crippen molar-refractivity contribution in [3.05, 3.63) is 42.0 Å². The number of carbonyl (C=O) groups is 1. The van der Waals surface area contributed by atoms with Crippen molar-refractivity contribution in [2.24, 2.45) is 7.05 Å². The molecule has 0 spiro atoms. The largest absolute Gasteiger partial charge is 0.378 e. The van der Waals surface area contributed by atoms with Gasteiger partial charge >= 0.3 is 0 Å². The zero-order chi connectivity index (χ0) is 16.2. The van der Waals surface area contributed by atoms with E-state index in [1.165, 1.54) is 0 Å². The Labute approximate surface area is 135 Å². The number of hydrogen-bond acceptors (Lipinski definition) is 5. The lowest BCUT2D eigenvalue weighted by Crippen LogP contribution is -2.36. The summed E-state index contributed by atoms with van der Waals surface area (Å²) in [7, 11) is 1.85. The van der Waals surface area contributed by atoms with Crippen molar-refractivity contribution in [3.8, 4) is 0 Å². The first kappa shape index (κ1) is 15.5. The van der Waals surface area contributed by atoms with E-state index in [-0.39, 0.29) is 11.9 Å². The van der Waals surface area contributed by atoms with Gasteiger partial charge in [0.25, 0.3) is 5.91 Å². The molecule has 2 aromatic rings. The minimum atomic E-state index is -0.184. The lowest BCUT2D eigenvalue weighted by atomic mass is 10.2. The summed E-state index contributed by atoms with van der Waals surface area (Å²) in [6, 6.07) is 3.63. The number of carbonyl (C=O) groups excluding carboxylic acids is 1. The first-order valence-electron chi connectivity index (χ1n) is 7.71. The summed E-state index contributed by atoms with van der Waals surface area (Å²) in [5.74, 6) is -0.184. The van der Waals surface area contributed by atoms with Gasteiger partial charge in [0.1, 0.15) is 5.69 Å². The van der Waals surface area contributed by atoms with Crippen LogP contribution in [0.1, 0.15) is 29.0 Å². The van der Waals surface area contributed by atoms with E-state index in [4.69, 9.17) is 4.74 Å². The molecule has 1 fully saturated rings. The van der Waals surface area contributed by atoms with Crippen molar-refractivity contribution >= 4 is 11.6 Å². The van der Waals surface area contributed by atoms with Crippen LogP contribution in [0.25, 0.3) is 0 Å². The van der Waals surface area contributed by atoms with E-state index in [1.54, 1.807) is 17.1 Å². The van der Waals surface area contributed by atoms with Gasteiger partial charge < -0.3 is 15.0 Å². The Balaban J connectivity index is 1.69. The zero-order valence-corrected chi connectivity index (χ0v) is 13.4. The Morgan fingerprint density at radius 3 is 2.87 bits per heavy atom. The third-order valence-electron chi connectivity index (χ3n) is 3.92. The Kier molecular flexibility index (Phi) is 4.57. The zero-order valence-electron chi connectivity index (χ0n) is 13.4. The van der Waals surface area contributed by atoms with Crippen LogP contribution in [0, 0.1) is 0 Å². The second-order valence-corrected chi connectivity index (χ2v) is 5.64.